The summed E-state index contributed by atoms with van der Waals surface area (Å²) in [6.07, 6.45) is 8.57. The SMILES string of the molecule is C1=CC2Oc3ccc4oc5ccc(-c6ccc7oc8cc(-c9ccc%10oc%11cc%12c(cc%11c%10c9)oc9ccccc9%12)ccc8c7c6)cc5c4c3C2C=C1. The van der Waals surface area contributed by atoms with Gasteiger partial charge in [0.1, 0.15) is 56.5 Å². The standard InChI is InChI=1S/C48H26O5/c1-3-7-37-29(5-1)34-23-46-35(24-45(34)51-37)33-20-26(11-15-40(33)53-46)28-9-13-30-32-19-25(10-14-39(32)52-44(30)22-28)27-12-16-41-36(21-27)48-43(50-41)18-17-42-47(48)31-6-2-4-8-38(31)49-42/h1-24,31,38H. The number of rotatable bonds is 2. The van der Waals surface area contributed by atoms with Crippen LogP contribution in [-0.2, 0) is 0 Å². The molecule has 11 aromatic rings. The van der Waals surface area contributed by atoms with Gasteiger partial charge in [-0.1, -0.05) is 60.7 Å². The Labute approximate surface area is 300 Å². The molecule has 248 valence electrons. The lowest BCUT2D eigenvalue weighted by Crippen LogP contribution is -2.15. The summed E-state index contributed by atoms with van der Waals surface area (Å²) < 4.78 is 31.7. The summed E-state index contributed by atoms with van der Waals surface area (Å²) >= 11 is 0. The fourth-order valence-corrected chi connectivity index (χ4v) is 8.91. The Morgan fingerprint density at radius 2 is 0.868 bits per heavy atom. The lowest BCUT2D eigenvalue weighted by Gasteiger charge is -2.14. The van der Waals surface area contributed by atoms with Crippen LogP contribution in [0.4, 0.5) is 0 Å². The second-order valence-corrected chi connectivity index (χ2v) is 14.3. The quantitative estimate of drug-likeness (QED) is 0.182. The Bertz CT molecular complexity index is 3450. The number of fused-ring (bicyclic) bond motifs is 16. The highest BCUT2D eigenvalue weighted by Gasteiger charge is 2.35. The third-order valence-corrected chi connectivity index (χ3v) is 11.4. The summed E-state index contributed by atoms with van der Waals surface area (Å²) in [4.78, 5) is 0. The maximum atomic E-state index is 6.47. The minimum Gasteiger partial charge on any atom is -0.485 e. The largest absolute Gasteiger partial charge is 0.485 e. The lowest BCUT2D eigenvalue weighted by atomic mass is 9.89. The van der Waals surface area contributed by atoms with E-state index in [2.05, 4.69) is 115 Å². The number of benzene rings is 7. The fourth-order valence-electron chi connectivity index (χ4n) is 8.91. The van der Waals surface area contributed by atoms with Crippen LogP contribution >= 0.6 is 0 Å². The van der Waals surface area contributed by atoms with Gasteiger partial charge in [-0.3, -0.25) is 0 Å². The van der Waals surface area contributed by atoms with E-state index in [1.165, 1.54) is 5.56 Å². The number of allylic oxidation sites excluding steroid dienone is 2. The summed E-state index contributed by atoms with van der Waals surface area (Å²) in [5, 5.41) is 8.66. The highest BCUT2D eigenvalue weighted by Crippen LogP contribution is 2.48. The molecule has 53 heavy (non-hydrogen) atoms. The summed E-state index contributed by atoms with van der Waals surface area (Å²) in [7, 11) is 0. The fraction of sp³-hybridized carbons (Fsp3) is 0.0417. The molecule has 0 saturated carbocycles. The van der Waals surface area contributed by atoms with E-state index in [4.69, 9.17) is 22.4 Å². The minimum atomic E-state index is 0.0224. The molecule has 0 N–H and O–H groups in total. The van der Waals surface area contributed by atoms with E-state index in [-0.39, 0.29) is 12.0 Å². The van der Waals surface area contributed by atoms with Crippen molar-refractivity contribution in [2.24, 2.45) is 0 Å². The number of hydrogen-bond acceptors (Lipinski definition) is 5. The van der Waals surface area contributed by atoms with E-state index in [9.17, 15) is 0 Å². The van der Waals surface area contributed by atoms with Crippen molar-refractivity contribution in [3.8, 4) is 28.0 Å². The van der Waals surface area contributed by atoms with Gasteiger partial charge in [-0.05, 0) is 107 Å². The molecular weight excluding hydrogens is 657 g/mol. The van der Waals surface area contributed by atoms with Gasteiger partial charge in [0.2, 0.25) is 0 Å². The average molecular weight is 683 g/mol. The van der Waals surface area contributed by atoms with Gasteiger partial charge >= 0.3 is 0 Å². The van der Waals surface area contributed by atoms with Crippen molar-refractivity contribution in [1.82, 2.24) is 0 Å². The second-order valence-electron chi connectivity index (χ2n) is 14.3. The van der Waals surface area contributed by atoms with E-state index in [0.717, 1.165) is 116 Å². The number of ether oxygens (including phenoxy) is 1. The smallest absolute Gasteiger partial charge is 0.136 e. The van der Waals surface area contributed by atoms with Crippen molar-refractivity contribution in [1.29, 1.82) is 0 Å². The minimum absolute atomic E-state index is 0.0224. The van der Waals surface area contributed by atoms with E-state index >= 15 is 0 Å². The van der Waals surface area contributed by atoms with Crippen LogP contribution in [0.1, 0.15) is 11.5 Å². The van der Waals surface area contributed by atoms with Crippen molar-refractivity contribution >= 4 is 87.8 Å². The first-order valence-corrected chi connectivity index (χ1v) is 18.0. The Morgan fingerprint density at radius 1 is 0.358 bits per heavy atom. The number of furan rings is 4. The zero-order valence-corrected chi connectivity index (χ0v) is 28.1. The molecule has 1 aliphatic carbocycles. The molecule has 2 unspecified atom stereocenters. The molecule has 5 heteroatoms. The Balaban J connectivity index is 0.903. The zero-order valence-electron chi connectivity index (χ0n) is 28.1. The predicted octanol–water partition coefficient (Wildman–Crippen LogP) is 13.6. The first-order chi connectivity index (χ1) is 26.2. The molecule has 0 radical (unpaired) electrons. The van der Waals surface area contributed by atoms with Gasteiger partial charge < -0.3 is 22.4 Å². The molecule has 0 bridgehead atoms. The van der Waals surface area contributed by atoms with E-state index in [0.29, 0.717) is 0 Å². The molecule has 5 heterocycles. The third-order valence-electron chi connectivity index (χ3n) is 11.4. The van der Waals surface area contributed by atoms with Gasteiger partial charge in [-0.2, -0.15) is 0 Å². The summed E-state index contributed by atoms with van der Waals surface area (Å²) in [5.41, 5.74) is 12.6. The molecule has 0 saturated heterocycles. The molecule has 0 amide bonds. The van der Waals surface area contributed by atoms with Crippen molar-refractivity contribution in [2.45, 2.75) is 12.0 Å². The lowest BCUT2D eigenvalue weighted by molar-refractivity contribution is 0.269. The van der Waals surface area contributed by atoms with Crippen LogP contribution in [-0.4, -0.2) is 6.10 Å². The molecule has 2 atom stereocenters. The van der Waals surface area contributed by atoms with Crippen molar-refractivity contribution in [3.63, 3.8) is 0 Å². The Hall–Kier alpha value is -6.98. The Morgan fingerprint density at radius 3 is 1.64 bits per heavy atom. The number of para-hydroxylation sites is 1. The first-order valence-electron chi connectivity index (χ1n) is 18.0. The molecule has 4 aromatic heterocycles. The molecule has 0 fully saturated rings. The highest BCUT2D eigenvalue weighted by molar-refractivity contribution is 6.16. The van der Waals surface area contributed by atoms with Gasteiger partial charge in [0.25, 0.3) is 0 Å². The predicted molar refractivity (Wildman–Crippen MR) is 212 cm³/mol. The van der Waals surface area contributed by atoms with E-state index in [1.807, 2.05) is 30.3 Å². The van der Waals surface area contributed by atoms with Crippen LogP contribution in [0.15, 0.2) is 163 Å². The van der Waals surface area contributed by atoms with Crippen LogP contribution in [0.3, 0.4) is 0 Å². The second kappa shape index (κ2) is 9.87. The summed E-state index contributed by atoms with van der Waals surface area (Å²) in [5.74, 6) is 1.11. The van der Waals surface area contributed by atoms with Crippen LogP contribution in [0.5, 0.6) is 5.75 Å². The van der Waals surface area contributed by atoms with Crippen LogP contribution in [0.2, 0.25) is 0 Å². The molecular formula is C48H26O5. The molecule has 5 nitrogen and oxygen atoms in total. The van der Waals surface area contributed by atoms with Gasteiger partial charge in [0.15, 0.2) is 0 Å². The molecule has 7 aromatic carbocycles. The van der Waals surface area contributed by atoms with Crippen molar-refractivity contribution in [3.05, 3.63) is 151 Å². The Kier molecular flexibility index (Phi) is 5.16. The first kappa shape index (κ1) is 27.7. The highest BCUT2D eigenvalue weighted by atomic mass is 16.5. The van der Waals surface area contributed by atoms with Crippen LogP contribution in [0, 0.1) is 0 Å². The van der Waals surface area contributed by atoms with Gasteiger partial charge in [-0.15, -0.1) is 0 Å². The average Bonchev–Trinajstić information content (AvgIpc) is 4.01. The van der Waals surface area contributed by atoms with Crippen LogP contribution in [0.25, 0.3) is 110 Å². The van der Waals surface area contributed by atoms with E-state index in [1.54, 1.807) is 0 Å². The summed E-state index contributed by atoms with van der Waals surface area (Å²) in [6.45, 7) is 0. The number of hydrogen-bond donors (Lipinski definition) is 0. The maximum Gasteiger partial charge on any atom is 0.136 e. The topological polar surface area (TPSA) is 61.8 Å². The molecule has 0 spiro atoms. The normalized spacial score (nSPS) is 16.7. The molecule has 13 rings (SSSR count). The van der Waals surface area contributed by atoms with Gasteiger partial charge in [0.05, 0.1) is 0 Å². The zero-order chi connectivity index (χ0) is 34.4. The van der Waals surface area contributed by atoms with Gasteiger partial charge in [0, 0.05) is 54.6 Å². The monoisotopic (exact) mass is 682 g/mol. The van der Waals surface area contributed by atoms with E-state index < -0.39 is 0 Å². The van der Waals surface area contributed by atoms with Crippen molar-refractivity contribution < 1.29 is 22.4 Å². The van der Waals surface area contributed by atoms with Gasteiger partial charge in [-0.25, -0.2) is 0 Å². The summed E-state index contributed by atoms with van der Waals surface area (Å²) in [6, 6.07) is 42.2. The third kappa shape index (κ3) is 3.80. The van der Waals surface area contributed by atoms with Crippen LogP contribution < -0.4 is 4.74 Å². The maximum absolute atomic E-state index is 6.47. The molecule has 2 aliphatic rings. The van der Waals surface area contributed by atoms with Crippen molar-refractivity contribution in [2.75, 3.05) is 0 Å². The molecule has 1 aliphatic heterocycles.